The topological polar surface area (TPSA) is 79.2 Å². The third kappa shape index (κ3) is 3.25. The van der Waals surface area contributed by atoms with Crippen LogP contribution in [0.15, 0.2) is 12.7 Å². The summed E-state index contributed by atoms with van der Waals surface area (Å²) in [7, 11) is 1.35. The van der Waals surface area contributed by atoms with Crippen molar-refractivity contribution in [1.82, 2.24) is 0 Å². The number of hydrogen-bond acceptors (Lipinski definition) is 5. The lowest BCUT2D eigenvalue weighted by Crippen LogP contribution is -2.57. The Morgan fingerprint density at radius 3 is 2.07 bits per heavy atom. The van der Waals surface area contributed by atoms with Gasteiger partial charge in [-0.25, -0.2) is 0 Å². The van der Waals surface area contributed by atoms with Gasteiger partial charge in [0.2, 0.25) is 0 Å². The fourth-order valence-electron chi connectivity index (χ4n) is 1.26. The highest BCUT2D eigenvalue weighted by molar-refractivity contribution is 4.96. The van der Waals surface area contributed by atoms with E-state index in [0.717, 1.165) is 0 Å². The highest BCUT2D eigenvalue weighted by Crippen LogP contribution is 2.21. The molecule has 90 valence electrons. The molecule has 0 saturated carbocycles. The van der Waals surface area contributed by atoms with Gasteiger partial charge in [0.1, 0.15) is 24.4 Å². The third-order valence-electron chi connectivity index (χ3n) is 2.07. The first-order valence-electron chi connectivity index (χ1n) is 4.96. The minimum atomic E-state index is -1.28. The predicted molar refractivity (Wildman–Crippen MR) is 55.2 cm³/mol. The summed E-state index contributed by atoms with van der Waals surface area (Å²) in [5.74, 6) is 0. The second kappa shape index (κ2) is 6.92. The zero-order valence-corrected chi connectivity index (χ0v) is 9.33. The number of rotatable bonds is 2. The Bertz CT molecular complexity index is 183. The van der Waals surface area contributed by atoms with E-state index in [2.05, 4.69) is 6.58 Å². The van der Waals surface area contributed by atoms with E-state index in [-0.39, 0.29) is 0 Å². The van der Waals surface area contributed by atoms with E-state index in [1.54, 1.807) is 0 Å². The van der Waals surface area contributed by atoms with Crippen molar-refractivity contribution >= 4 is 0 Å². The fourth-order valence-corrected chi connectivity index (χ4v) is 1.26. The highest BCUT2D eigenvalue weighted by atomic mass is 16.7. The van der Waals surface area contributed by atoms with Crippen LogP contribution in [0.1, 0.15) is 13.8 Å². The number of hydrogen-bond donors (Lipinski definition) is 3. The smallest absolute Gasteiger partial charge is 0.186 e. The minimum Gasteiger partial charge on any atom is -0.387 e. The van der Waals surface area contributed by atoms with Crippen molar-refractivity contribution in [3.05, 3.63) is 12.7 Å². The number of ether oxygens (including phenoxy) is 2. The van der Waals surface area contributed by atoms with Crippen LogP contribution in [0.25, 0.3) is 0 Å². The number of methoxy groups -OCH3 is 1. The van der Waals surface area contributed by atoms with Gasteiger partial charge in [-0.05, 0) is 0 Å². The molecule has 5 heteroatoms. The SMILES string of the molecule is C=CC1OC(OC)C(O)C(O)C1O.CC. The molecule has 5 atom stereocenters. The van der Waals surface area contributed by atoms with Crippen molar-refractivity contribution in [2.45, 2.75) is 44.6 Å². The van der Waals surface area contributed by atoms with Crippen LogP contribution in [0.4, 0.5) is 0 Å². The van der Waals surface area contributed by atoms with Crippen LogP contribution in [-0.2, 0) is 9.47 Å². The molecular formula is C10H20O5. The van der Waals surface area contributed by atoms with Gasteiger partial charge in [0.15, 0.2) is 6.29 Å². The van der Waals surface area contributed by atoms with Crippen molar-refractivity contribution in [3.8, 4) is 0 Å². The molecule has 1 saturated heterocycles. The maximum atomic E-state index is 9.36. The first kappa shape index (κ1) is 14.5. The summed E-state index contributed by atoms with van der Waals surface area (Å²) in [6.07, 6.45) is -3.98. The van der Waals surface area contributed by atoms with Crippen LogP contribution < -0.4 is 0 Å². The van der Waals surface area contributed by atoms with Crippen LogP contribution in [0, 0.1) is 0 Å². The van der Waals surface area contributed by atoms with Gasteiger partial charge < -0.3 is 24.8 Å². The van der Waals surface area contributed by atoms with Gasteiger partial charge in [0.05, 0.1) is 0 Å². The first-order chi connectivity index (χ1) is 7.11. The molecule has 1 aliphatic heterocycles. The van der Waals surface area contributed by atoms with Crippen LogP contribution in [0.2, 0.25) is 0 Å². The molecule has 0 spiro atoms. The summed E-state index contributed by atoms with van der Waals surface area (Å²) in [5, 5.41) is 28.0. The van der Waals surface area contributed by atoms with Gasteiger partial charge in [-0.15, -0.1) is 6.58 Å². The molecule has 3 N–H and O–H groups in total. The van der Waals surface area contributed by atoms with E-state index in [4.69, 9.17) is 9.47 Å². The van der Waals surface area contributed by atoms with Crippen LogP contribution >= 0.6 is 0 Å². The van der Waals surface area contributed by atoms with Gasteiger partial charge in [-0.2, -0.15) is 0 Å². The van der Waals surface area contributed by atoms with Crippen molar-refractivity contribution in [2.24, 2.45) is 0 Å². The molecule has 0 amide bonds. The van der Waals surface area contributed by atoms with Crippen molar-refractivity contribution in [3.63, 3.8) is 0 Å². The quantitative estimate of drug-likeness (QED) is 0.554. The molecular weight excluding hydrogens is 200 g/mol. The molecule has 0 aliphatic carbocycles. The lowest BCUT2D eigenvalue weighted by Gasteiger charge is -2.38. The maximum absolute atomic E-state index is 9.36. The summed E-state index contributed by atoms with van der Waals surface area (Å²) >= 11 is 0. The normalized spacial score (nSPS) is 40.3. The molecule has 5 unspecified atom stereocenters. The molecule has 1 fully saturated rings. The zero-order chi connectivity index (χ0) is 12.0. The lowest BCUT2D eigenvalue weighted by molar-refractivity contribution is -0.279. The minimum absolute atomic E-state index is 0.719. The molecule has 0 radical (unpaired) electrons. The average Bonchev–Trinajstić information content (AvgIpc) is 2.29. The Morgan fingerprint density at radius 2 is 1.67 bits per heavy atom. The fraction of sp³-hybridized carbons (Fsp3) is 0.800. The molecule has 1 aliphatic rings. The molecule has 1 heterocycles. The molecule has 0 aromatic carbocycles. The Morgan fingerprint density at radius 1 is 1.13 bits per heavy atom. The Hall–Kier alpha value is -0.460. The molecule has 15 heavy (non-hydrogen) atoms. The molecule has 0 aromatic rings. The van der Waals surface area contributed by atoms with Gasteiger partial charge in [0, 0.05) is 7.11 Å². The number of aliphatic hydroxyl groups excluding tert-OH is 3. The largest absolute Gasteiger partial charge is 0.387 e. The van der Waals surface area contributed by atoms with Gasteiger partial charge in [-0.3, -0.25) is 0 Å². The van der Waals surface area contributed by atoms with Crippen molar-refractivity contribution < 1.29 is 24.8 Å². The molecule has 1 rings (SSSR count). The van der Waals surface area contributed by atoms with E-state index in [1.807, 2.05) is 13.8 Å². The summed E-state index contributed by atoms with van der Waals surface area (Å²) in [5.41, 5.74) is 0. The Kier molecular flexibility index (Phi) is 6.71. The van der Waals surface area contributed by atoms with E-state index in [0.29, 0.717) is 0 Å². The lowest BCUT2D eigenvalue weighted by atomic mass is 9.99. The standard InChI is InChI=1S/C8H14O5.C2H6/c1-3-4-5(9)6(10)7(11)8(12-2)13-4;1-2/h3-11H,1H2,2H3;1-2H3. The molecule has 0 aromatic heterocycles. The van der Waals surface area contributed by atoms with Crippen LogP contribution in [0.3, 0.4) is 0 Å². The number of aliphatic hydroxyl groups is 3. The Balaban J connectivity index is 0.000000921. The van der Waals surface area contributed by atoms with Gasteiger partial charge in [-0.1, -0.05) is 19.9 Å². The van der Waals surface area contributed by atoms with Crippen molar-refractivity contribution in [1.29, 1.82) is 0 Å². The summed E-state index contributed by atoms with van der Waals surface area (Å²) in [6, 6.07) is 0. The Labute approximate surface area is 89.9 Å². The van der Waals surface area contributed by atoms with E-state index < -0.39 is 30.7 Å². The zero-order valence-electron chi connectivity index (χ0n) is 9.33. The summed E-state index contributed by atoms with van der Waals surface area (Å²) < 4.78 is 9.84. The second-order valence-corrected chi connectivity index (χ2v) is 2.91. The van der Waals surface area contributed by atoms with Crippen LogP contribution in [0.5, 0.6) is 0 Å². The second-order valence-electron chi connectivity index (χ2n) is 2.91. The van der Waals surface area contributed by atoms with Crippen LogP contribution in [-0.4, -0.2) is 53.1 Å². The summed E-state index contributed by atoms with van der Waals surface area (Å²) in [4.78, 5) is 0. The summed E-state index contributed by atoms with van der Waals surface area (Å²) in [6.45, 7) is 7.43. The monoisotopic (exact) mass is 220 g/mol. The van der Waals surface area contributed by atoms with Gasteiger partial charge >= 0.3 is 0 Å². The average molecular weight is 220 g/mol. The van der Waals surface area contributed by atoms with E-state index in [1.165, 1.54) is 13.2 Å². The first-order valence-corrected chi connectivity index (χ1v) is 4.96. The molecule has 5 nitrogen and oxygen atoms in total. The van der Waals surface area contributed by atoms with Gasteiger partial charge in [0.25, 0.3) is 0 Å². The molecule has 0 bridgehead atoms. The van der Waals surface area contributed by atoms with E-state index in [9.17, 15) is 15.3 Å². The van der Waals surface area contributed by atoms with Crippen molar-refractivity contribution in [2.75, 3.05) is 7.11 Å². The predicted octanol–water partition coefficient (Wildman–Crippen LogP) is -0.347. The highest BCUT2D eigenvalue weighted by Gasteiger charge is 2.42. The third-order valence-corrected chi connectivity index (χ3v) is 2.07. The maximum Gasteiger partial charge on any atom is 0.186 e. The van der Waals surface area contributed by atoms with E-state index >= 15 is 0 Å².